The SMILES string of the molecule is O=C(C[C@@H]1CN2CCC1CC2)c1cccc2cn[nH]c12. The number of benzene rings is 1. The molecule has 1 N–H and O–H groups in total. The number of aromatic nitrogens is 2. The van der Waals surface area contributed by atoms with Crippen molar-refractivity contribution in [1.29, 1.82) is 0 Å². The monoisotopic (exact) mass is 269 g/mol. The summed E-state index contributed by atoms with van der Waals surface area (Å²) in [6.07, 6.45) is 5.00. The van der Waals surface area contributed by atoms with Gasteiger partial charge in [0, 0.05) is 23.9 Å². The molecular weight excluding hydrogens is 250 g/mol. The minimum absolute atomic E-state index is 0.263. The van der Waals surface area contributed by atoms with Gasteiger partial charge in [-0.3, -0.25) is 9.89 Å². The van der Waals surface area contributed by atoms with Crippen LogP contribution in [0.3, 0.4) is 0 Å². The van der Waals surface area contributed by atoms with Gasteiger partial charge in [0.05, 0.1) is 11.7 Å². The van der Waals surface area contributed by atoms with Gasteiger partial charge in [0.2, 0.25) is 0 Å². The van der Waals surface area contributed by atoms with Crippen molar-refractivity contribution in [3.8, 4) is 0 Å². The largest absolute Gasteiger partial charge is 0.303 e. The molecule has 0 aliphatic carbocycles. The summed E-state index contributed by atoms with van der Waals surface area (Å²) >= 11 is 0. The average molecular weight is 269 g/mol. The summed E-state index contributed by atoms with van der Waals surface area (Å²) in [5.41, 5.74) is 1.69. The first-order chi connectivity index (χ1) is 9.81. The van der Waals surface area contributed by atoms with E-state index in [0.29, 0.717) is 12.3 Å². The molecule has 2 bridgehead atoms. The highest BCUT2D eigenvalue weighted by Crippen LogP contribution is 2.35. The van der Waals surface area contributed by atoms with Crippen LogP contribution in [0.2, 0.25) is 0 Å². The number of carbonyl (C=O) groups excluding carboxylic acids is 1. The highest BCUT2D eigenvalue weighted by Gasteiger charge is 2.35. The first-order valence-corrected chi connectivity index (χ1v) is 7.49. The number of Topliss-reactive ketones (excluding diaryl/α,β-unsaturated/α-hetero) is 1. The molecule has 20 heavy (non-hydrogen) atoms. The molecule has 104 valence electrons. The van der Waals surface area contributed by atoms with Gasteiger partial charge in [0.15, 0.2) is 5.78 Å². The number of nitrogens with zero attached hydrogens (tertiary/aromatic N) is 2. The Morgan fingerprint density at radius 2 is 2.20 bits per heavy atom. The predicted octanol–water partition coefficient (Wildman–Crippen LogP) is 2.48. The van der Waals surface area contributed by atoms with Gasteiger partial charge in [0.1, 0.15) is 0 Å². The second-order valence-electron chi connectivity index (χ2n) is 6.17. The molecule has 1 aromatic carbocycles. The Hall–Kier alpha value is -1.68. The van der Waals surface area contributed by atoms with E-state index in [2.05, 4.69) is 15.1 Å². The number of ketones is 1. The smallest absolute Gasteiger partial charge is 0.165 e. The number of nitrogens with one attached hydrogen (secondary N) is 1. The summed E-state index contributed by atoms with van der Waals surface area (Å²) < 4.78 is 0. The zero-order chi connectivity index (χ0) is 13.5. The van der Waals surface area contributed by atoms with Gasteiger partial charge in [-0.2, -0.15) is 5.10 Å². The van der Waals surface area contributed by atoms with Crippen molar-refractivity contribution in [2.45, 2.75) is 19.3 Å². The molecule has 4 heteroatoms. The fraction of sp³-hybridized carbons (Fsp3) is 0.500. The number of H-pyrrole nitrogens is 1. The summed E-state index contributed by atoms with van der Waals surface area (Å²) in [5, 5.41) is 8.02. The lowest BCUT2D eigenvalue weighted by molar-refractivity contribution is 0.0441. The van der Waals surface area contributed by atoms with Crippen molar-refractivity contribution in [1.82, 2.24) is 15.1 Å². The number of rotatable bonds is 3. The predicted molar refractivity (Wildman–Crippen MR) is 77.7 cm³/mol. The molecule has 0 amide bonds. The van der Waals surface area contributed by atoms with E-state index < -0.39 is 0 Å². The Morgan fingerprint density at radius 3 is 2.95 bits per heavy atom. The second-order valence-corrected chi connectivity index (χ2v) is 6.17. The van der Waals surface area contributed by atoms with Gasteiger partial charge in [-0.05, 0) is 43.8 Å². The van der Waals surface area contributed by atoms with E-state index in [1.165, 1.54) is 25.9 Å². The van der Waals surface area contributed by atoms with Crippen molar-refractivity contribution >= 4 is 16.7 Å². The molecule has 0 spiro atoms. The molecule has 2 aromatic rings. The van der Waals surface area contributed by atoms with Crippen LogP contribution in [-0.4, -0.2) is 40.5 Å². The molecular formula is C16H19N3O. The molecule has 1 atom stereocenters. The van der Waals surface area contributed by atoms with Crippen LogP contribution in [0.4, 0.5) is 0 Å². The van der Waals surface area contributed by atoms with Crippen LogP contribution in [0.15, 0.2) is 24.4 Å². The van der Waals surface area contributed by atoms with Crippen LogP contribution in [0.5, 0.6) is 0 Å². The maximum Gasteiger partial charge on any atom is 0.165 e. The molecule has 1 aromatic heterocycles. The van der Waals surface area contributed by atoms with Crippen molar-refractivity contribution in [3.05, 3.63) is 30.0 Å². The van der Waals surface area contributed by atoms with Crippen molar-refractivity contribution in [3.63, 3.8) is 0 Å². The Balaban J connectivity index is 1.57. The number of piperidine rings is 3. The lowest BCUT2D eigenvalue weighted by Crippen LogP contribution is -2.47. The summed E-state index contributed by atoms with van der Waals surface area (Å²) in [4.78, 5) is 15.1. The van der Waals surface area contributed by atoms with Crippen LogP contribution < -0.4 is 0 Å². The van der Waals surface area contributed by atoms with E-state index in [1.54, 1.807) is 6.20 Å². The van der Waals surface area contributed by atoms with E-state index in [0.717, 1.165) is 28.9 Å². The third kappa shape index (κ3) is 1.95. The second kappa shape index (κ2) is 4.70. The summed E-state index contributed by atoms with van der Waals surface area (Å²) in [7, 11) is 0. The summed E-state index contributed by atoms with van der Waals surface area (Å²) in [6.45, 7) is 3.56. The molecule has 0 unspecified atom stereocenters. The zero-order valence-corrected chi connectivity index (χ0v) is 11.5. The Kier molecular flexibility index (Phi) is 2.84. The molecule has 3 saturated heterocycles. The number of carbonyl (C=O) groups is 1. The van der Waals surface area contributed by atoms with Gasteiger partial charge in [0.25, 0.3) is 0 Å². The first-order valence-electron chi connectivity index (χ1n) is 7.49. The van der Waals surface area contributed by atoms with Crippen LogP contribution in [0.1, 0.15) is 29.6 Å². The van der Waals surface area contributed by atoms with Gasteiger partial charge >= 0.3 is 0 Å². The highest BCUT2D eigenvalue weighted by atomic mass is 16.1. The highest BCUT2D eigenvalue weighted by molar-refractivity contribution is 6.06. The number of fused-ring (bicyclic) bond motifs is 4. The first kappa shape index (κ1) is 12.1. The standard InChI is InChI=1S/C16H19N3O/c20-15(8-13-10-19-6-4-11(13)5-7-19)14-3-1-2-12-9-17-18-16(12)14/h1-3,9,11,13H,4-8,10H2,(H,17,18)/t13-/m1/s1. The van der Waals surface area contributed by atoms with Crippen molar-refractivity contribution < 1.29 is 4.79 Å². The molecule has 0 saturated carbocycles. The quantitative estimate of drug-likeness (QED) is 0.871. The maximum absolute atomic E-state index is 12.6. The van der Waals surface area contributed by atoms with Crippen LogP contribution in [0.25, 0.3) is 10.9 Å². The number of hydrogen-bond donors (Lipinski definition) is 1. The van der Waals surface area contributed by atoms with Gasteiger partial charge < -0.3 is 4.90 Å². The normalized spacial score (nSPS) is 28.9. The lowest BCUT2D eigenvalue weighted by atomic mass is 9.76. The molecule has 4 heterocycles. The van der Waals surface area contributed by atoms with Crippen LogP contribution >= 0.6 is 0 Å². The zero-order valence-electron chi connectivity index (χ0n) is 11.5. The van der Waals surface area contributed by atoms with Crippen LogP contribution in [0, 0.1) is 11.8 Å². The number of para-hydroxylation sites is 1. The summed E-state index contributed by atoms with van der Waals surface area (Å²) in [6, 6.07) is 5.86. The minimum atomic E-state index is 0.263. The van der Waals surface area contributed by atoms with Crippen molar-refractivity contribution in [2.24, 2.45) is 11.8 Å². The minimum Gasteiger partial charge on any atom is -0.303 e. The summed E-state index contributed by atoms with van der Waals surface area (Å²) in [5.74, 6) is 1.56. The molecule has 3 fully saturated rings. The fourth-order valence-electron chi connectivity index (χ4n) is 3.87. The Morgan fingerprint density at radius 1 is 1.35 bits per heavy atom. The average Bonchev–Trinajstić information content (AvgIpc) is 2.96. The number of aromatic amines is 1. The third-order valence-electron chi connectivity index (χ3n) is 5.02. The Bertz CT molecular complexity index is 640. The van der Waals surface area contributed by atoms with E-state index in [4.69, 9.17) is 0 Å². The molecule has 3 aliphatic heterocycles. The van der Waals surface area contributed by atoms with E-state index in [-0.39, 0.29) is 5.78 Å². The van der Waals surface area contributed by atoms with Gasteiger partial charge in [-0.1, -0.05) is 12.1 Å². The van der Waals surface area contributed by atoms with E-state index >= 15 is 0 Å². The van der Waals surface area contributed by atoms with Crippen LogP contribution in [-0.2, 0) is 0 Å². The maximum atomic E-state index is 12.6. The molecule has 3 aliphatic rings. The van der Waals surface area contributed by atoms with E-state index in [9.17, 15) is 4.79 Å². The number of hydrogen-bond acceptors (Lipinski definition) is 3. The van der Waals surface area contributed by atoms with Gasteiger partial charge in [-0.15, -0.1) is 0 Å². The van der Waals surface area contributed by atoms with Gasteiger partial charge in [-0.25, -0.2) is 0 Å². The molecule has 4 nitrogen and oxygen atoms in total. The topological polar surface area (TPSA) is 49.0 Å². The molecule has 0 radical (unpaired) electrons. The lowest BCUT2D eigenvalue weighted by Gasteiger charge is -2.44. The fourth-order valence-corrected chi connectivity index (χ4v) is 3.87. The molecule has 5 rings (SSSR count). The third-order valence-corrected chi connectivity index (χ3v) is 5.02. The van der Waals surface area contributed by atoms with E-state index in [1.807, 2.05) is 18.2 Å². The van der Waals surface area contributed by atoms with Crippen molar-refractivity contribution in [2.75, 3.05) is 19.6 Å². The Labute approximate surface area is 118 Å².